The van der Waals surface area contributed by atoms with Crippen molar-refractivity contribution in [3.05, 3.63) is 59.7 Å². The highest BCUT2D eigenvalue weighted by atomic mass is 32.2. The largest absolute Gasteiger partial charge is 0.497 e. The van der Waals surface area contributed by atoms with E-state index in [0.29, 0.717) is 25.1 Å². The Balaban J connectivity index is 1.63. The van der Waals surface area contributed by atoms with Gasteiger partial charge in [-0.05, 0) is 60.2 Å². The van der Waals surface area contributed by atoms with Crippen LogP contribution in [0.3, 0.4) is 0 Å². The van der Waals surface area contributed by atoms with Crippen molar-refractivity contribution in [3.8, 4) is 5.75 Å². The number of carbonyl (C=O) groups excluding carboxylic acids is 2. The lowest BCUT2D eigenvalue weighted by Crippen LogP contribution is -2.53. The first-order chi connectivity index (χ1) is 14.1. The van der Waals surface area contributed by atoms with Crippen LogP contribution in [-0.2, 0) is 22.6 Å². The summed E-state index contributed by atoms with van der Waals surface area (Å²) in [7, 11) is 1.60. The summed E-state index contributed by atoms with van der Waals surface area (Å²) in [6, 6.07) is 14.3. The van der Waals surface area contributed by atoms with Gasteiger partial charge in [-0.25, -0.2) is 0 Å². The molecule has 1 heterocycles. The fourth-order valence-corrected chi connectivity index (χ4v) is 3.79. The molecule has 0 spiro atoms. The van der Waals surface area contributed by atoms with Gasteiger partial charge >= 0.3 is 0 Å². The molecular formula is C22H27N3O3S. The highest BCUT2D eigenvalue weighted by Crippen LogP contribution is 2.18. The highest BCUT2D eigenvalue weighted by molar-refractivity contribution is 7.98. The molecule has 0 fully saturated rings. The van der Waals surface area contributed by atoms with Crippen LogP contribution < -0.4 is 20.7 Å². The number of nitrogens with one attached hydrogen (secondary N) is 3. The summed E-state index contributed by atoms with van der Waals surface area (Å²) in [6.07, 6.45) is 3.18. The van der Waals surface area contributed by atoms with Gasteiger partial charge in [0.15, 0.2) is 0 Å². The molecule has 0 aliphatic carbocycles. The Labute approximate surface area is 175 Å². The number of hydrogen-bond acceptors (Lipinski definition) is 5. The number of benzene rings is 2. The van der Waals surface area contributed by atoms with Crippen molar-refractivity contribution in [2.24, 2.45) is 0 Å². The van der Waals surface area contributed by atoms with Crippen LogP contribution in [0.1, 0.15) is 17.5 Å². The molecule has 2 aromatic rings. The lowest BCUT2D eigenvalue weighted by molar-refractivity contribution is -0.128. The van der Waals surface area contributed by atoms with Crippen LogP contribution in [0, 0.1) is 0 Å². The minimum absolute atomic E-state index is 0.143. The van der Waals surface area contributed by atoms with Crippen molar-refractivity contribution < 1.29 is 14.3 Å². The Morgan fingerprint density at radius 2 is 1.90 bits per heavy atom. The number of carbonyl (C=O) groups is 2. The Kier molecular flexibility index (Phi) is 7.55. The van der Waals surface area contributed by atoms with Gasteiger partial charge in [0.1, 0.15) is 11.8 Å². The summed E-state index contributed by atoms with van der Waals surface area (Å²) in [6.45, 7) is 0.655. The normalized spacial score (nSPS) is 16.4. The highest BCUT2D eigenvalue weighted by Gasteiger charge is 2.28. The van der Waals surface area contributed by atoms with E-state index in [4.69, 9.17) is 4.74 Å². The average Bonchev–Trinajstić information content (AvgIpc) is 2.76. The second kappa shape index (κ2) is 10.3. The topological polar surface area (TPSA) is 79.5 Å². The van der Waals surface area contributed by atoms with Crippen molar-refractivity contribution >= 4 is 29.3 Å². The molecule has 0 aromatic heterocycles. The van der Waals surface area contributed by atoms with Crippen LogP contribution in [0.5, 0.6) is 5.75 Å². The van der Waals surface area contributed by atoms with Gasteiger partial charge < -0.3 is 20.7 Å². The molecular weight excluding hydrogens is 386 g/mol. The third-order valence-electron chi connectivity index (χ3n) is 5.00. The summed E-state index contributed by atoms with van der Waals surface area (Å²) in [4.78, 5) is 25.6. The molecule has 2 aromatic carbocycles. The molecule has 6 nitrogen and oxygen atoms in total. The average molecular weight is 414 g/mol. The van der Waals surface area contributed by atoms with E-state index < -0.39 is 6.04 Å². The van der Waals surface area contributed by atoms with E-state index in [1.165, 1.54) is 11.1 Å². The number of fused-ring (bicyclic) bond motifs is 1. The van der Waals surface area contributed by atoms with Gasteiger partial charge in [0.05, 0.1) is 13.2 Å². The van der Waals surface area contributed by atoms with E-state index in [-0.39, 0.29) is 17.9 Å². The minimum atomic E-state index is -0.587. The molecule has 7 heteroatoms. The van der Waals surface area contributed by atoms with Gasteiger partial charge in [0.25, 0.3) is 0 Å². The third-order valence-corrected chi connectivity index (χ3v) is 5.64. The van der Waals surface area contributed by atoms with Crippen molar-refractivity contribution in [2.75, 3.05) is 24.4 Å². The van der Waals surface area contributed by atoms with Gasteiger partial charge in [-0.2, -0.15) is 11.8 Å². The first kappa shape index (κ1) is 21.2. The lowest BCUT2D eigenvalue weighted by Gasteiger charge is -2.27. The summed E-state index contributed by atoms with van der Waals surface area (Å²) in [5, 5.41) is 9.11. The number of rotatable bonds is 8. The van der Waals surface area contributed by atoms with E-state index in [9.17, 15) is 9.59 Å². The molecule has 2 atom stereocenters. The van der Waals surface area contributed by atoms with Gasteiger partial charge in [0.2, 0.25) is 11.8 Å². The zero-order valence-electron chi connectivity index (χ0n) is 16.7. The van der Waals surface area contributed by atoms with Gasteiger partial charge in [-0.1, -0.05) is 24.3 Å². The number of thioether (sulfide) groups is 1. The molecule has 1 aliphatic rings. The molecule has 1 aliphatic heterocycles. The fraction of sp³-hybridized carbons (Fsp3) is 0.364. The van der Waals surface area contributed by atoms with E-state index in [1.54, 1.807) is 43.1 Å². The summed E-state index contributed by atoms with van der Waals surface area (Å²) in [5.41, 5.74) is 3.06. The van der Waals surface area contributed by atoms with Crippen LogP contribution in [0.15, 0.2) is 48.5 Å². The maximum atomic E-state index is 12.8. The van der Waals surface area contributed by atoms with E-state index in [0.717, 1.165) is 11.5 Å². The van der Waals surface area contributed by atoms with Crippen molar-refractivity contribution in [3.63, 3.8) is 0 Å². The Hall–Kier alpha value is -2.51. The van der Waals surface area contributed by atoms with Crippen molar-refractivity contribution in [2.45, 2.75) is 31.5 Å². The van der Waals surface area contributed by atoms with Crippen LogP contribution >= 0.6 is 11.8 Å². The number of amides is 2. The van der Waals surface area contributed by atoms with Gasteiger partial charge in [-0.15, -0.1) is 0 Å². The van der Waals surface area contributed by atoms with Crippen molar-refractivity contribution in [1.82, 2.24) is 10.6 Å². The number of anilines is 1. The second-order valence-corrected chi connectivity index (χ2v) is 7.95. The maximum Gasteiger partial charge on any atom is 0.246 e. The summed E-state index contributed by atoms with van der Waals surface area (Å²) >= 11 is 1.65. The van der Waals surface area contributed by atoms with E-state index >= 15 is 0 Å². The molecule has 3 rings (SSSR count). The quantitative estimate of drug-likeness (QED) is 0.620. The minimum Gasteiger partial charge on any atom is -0.497 e. The SMILES string of the molecule is COc1ccc(NC(=O)[C@H](CCSC)NC(=O)[C@@H]2Cc3ccccc3CN2)cc1. The summed E-state index contributed by atoms with van der Waals surface area (Å²) in [5.74, 6) is 1.14. The molecule has 3 N–H and O–H groups in total. The summed E-state index contributed by atoms with van der Waals surface area (Å²) < 4.78 is 5.14. The third kappa shape index (κ3) is 5.74. The smallest absolute Gasteiger partial charge is 0.246 e. The Morgan fingerprint density at radius 3 is 2.59 bits per heavy atom. The predicted molar refractivity (Wildman–Crippen MR) is 117 cm³/mol. The lowest BCUT2D eigenvalue weighted by atomic mass is 9.95. The maximum absolute atomic E-state index is 12.8. The molecule has 0 bridgehead atoms. The first-order valence-electron chi connectivity index (χ1n) is 9.65. The van der Waals surface area contributed by atoms with Gasteiger partial charge in [-0.3, -0.25) is 9.59 Å². The van der Waals surface area contributed by atoms with Crippen LogP contribution in [0.25, 0.3) is 0 Å². The molecule has 0 radical (unpaired) electrons. The predicted octanol–water partition coefficient (Wildman–Crippen LogP) is 2.59. The number of hydrogen-bond donors (Lipinski definition) is 3. The second-order valence-electron chi connectivity index (χ2n) is 6.97. The van der Waals surface area contributed by atoms with Gasteiger partial charge in [0, 0.05) is 12.2 Å². The number of methoxy groups -OCH3 is 1. The Bertz CT molecular complexity index is 841. The Morgan fingerprint density at radius 1 is 1.17 bits per heavy atom. The van der Waals surface area contributed by atoms with Crippen LogP contribution in [0.2, 0.25) is 0 Å². The monoisotopic (exact) mass is 413 g/mol. The molecule has 0 saturated carbocycles. The van der Waals surface area contributed by atoms with Crippen molar-refractivity contribution in [1.29, 1.82) is 0 Å². The molecule has 29 heavy (non-hydrogen) atoms. The van der Waals surface area contributed by atoms with Crippen LogP contribution in [0.4, 0.5) is 5.69 Å². The van der Waals surface area contributed by atoms with E-state index in [2.05, 4.69) is 28.1 Å². The molecule has 0 unspecified atom stereocenters. The molecule has 0 saturated heterocycles. The van der Waals surface area contributed by atoms with E-state index in [1.807, 2.05) is 18.4 Å². The molecule has 154 valence electrons. The standard InChI is InChI=1S/C22H27N3O3S/c1-28-18-9-7-17(8-10-18)24-21(26)19(11-12-29-2)25-22(27)20-13-15-5-3-4-6-16(15)14-23-20/h3-10,19-20,23H,11-14H2,1-2H3,(H,24,26)(H,25,27)/t19-,20-/m0/s1. The fourth-order valence-electron chi connectivity index (χ4n) is 3.32. The van der Waals surface area contributed by atoms with Crippen LogP contribution in [-0.4, -0.2) is 43.0 Å². The zero-order valence-corrected chi connectivity index (χ0v) is 17.6. The first-order valence-corrected chi connectivity index (χ1v) is 11.0. The number of ether oxygens (including phenoxy) is 1. The zero-order chi connectivity index (χ0) is 20.6. The molecule has 2 amide bonds.